The monoisotopic (exact) mass is 280 g/mol. The van der Waals surface area contributed by atoms with E-state index in [4.69, 9.17) is 5.73 Å². The van der Waals surface area contributed by atoms with Gasteiger partial charge in [-0.3, -0.25) is 0 Å². The molecule has 2 rings (SSSR count). The molecule has 1 aromatic heterocycles. The highest BCUT2D eigenvalue weighted by atomic mass is 16.3. The van der Waals surface area contributed by atoms with Gasteiger partial charge in [-0.2, -0.15) is 0 Å². The van der Waals surface area contributed by atoms with Crippen LogP contribution in [0.25, 0.3) is 0 Å². The highest BCUT2D eigenvalue weighted by Crippen LogP contribution is 2.26. The van der Waals surface area contributed by atoms with E-state index in [1.54, 1.807) is 0 Å². The molecule has 1 aromatic rings. The number of aliphatic hydroxyl groups is 1. The van der Waals surface area contributed by atoms with Crippen molar-refractivity contribution in [2.75, 3.05) is 13.2 Å². The number of imidazole rings is 1. The highest BCUT2D eigenvalue weighted by Gasteiger charge is 2.27. The second kappa shape index (κ2) is 7.76. The van der Waals surface area contributed by atoms with Crippen LogP contribution in [0.1, 0.15) is 50.8 Å². The Bertz CT molecular complexity index is 393. The highest BCUT2D eigenvalue weighted by molar-refractivity contribution is 5.07. The molecule has 20 heavy (non-hydrogen) atoms. The maximum atomic E-state index is 9.53. The van der Waals surface area contributed by atoms with Gasteiger partial charge in [-0.15, -0.1) is 0 Å². The fourth-order valence-electron chi connectivity index (χ4n) is 3.23. The number of nitrogens with two attached hydrogens (primary N) is 1. The molecule has 0 spiro atoms. The number of aryl methyl sites for hydroxylation is 1. The lowest BCUT2D eigenvalue weighted by molar-refractivity contribution is 0.145. The third kappa shape index (κ3) is 3.59. The van der Waals surface area contributed by atoms with Gasteiger partial charge in [0.1, 0.15) is 0 Å². The summed E-state index contributed by atoms with van der Waals surface area (Å²) in [5, 5.41) is 13.2. The van der Waals surface area contributed by atoms with Crippen LogP contribution in [0.2, 0.25) is 0 Å². The van der Waals surface area contributed by atoms with Gasteiger partial charge in [-0.25, -0.2) is 4.98 Å². The van der Waals surface area contributed by atoms with E-state index in [1.807, 2.05) is 12.5 Å². The molecule has 0 aromatic carbocycles. The zero-order valence-electron chi connectivity index (χ0n) is 12.5. The van der Waals surface area contributed by atoms with E-state index in [2.05, 4.69) is 21.8 Å². The summed E-state index contributed by atoms with van der Waals surface area (Å²) in [6.45, 7) is 3.96. The quantitative estimate of drug-likeness (QED) is 0.706. The van der Waals surface area contributed by atoms with Gasteiger partial charge in [0, 0.05) is 31.9 Å². The van der Waals surface area contributed by atoms with Gasteiger partial charge >= 0.3 is 0 Å². The minimum absolute atomic E-state index is 0.126. The lowest BCUT2D eigenvalue weighted by Gasteiger charge is -2.34. The summed E-state index contributed by atoms with van der Waals surface area (Å²) in [6.07, 6.45) is 9.58. The molecule has 3 unspecified atom stereocenters. The van der Waals surface area contributed by atoms with Gasteiger partial charge in [-0.1, -0.05) is 19.8 Å². The van der Waals surface area contributed by atoms with E-state index in [1.165, 1.54) is 12.8 Å². The van der Waals surface area contributed by atoms with Crippen molar-refractivity contribution in [1.29, 1.82) is 0 Å². The average Bonchev–Trinajstić information content (AvgIpc) is 2.93. The first-order chi connectivity index (χ1) is 9.80. The first-order valence-electron chi connectivity index (χ1n) is 7.87. The summed E-state index contributed by atoms with van der Waals surface area (Å²) in [5.41, 5.74) is 7.13. The van der Waals surface area contributed by atoms with Crippen LogP contribution >= 0.6 is 0 Å². The molecule has 1 heterocycles. The molecule has 0 aliphatic heterocycles. The Morgan fingerprint density at radius 3 is 3.00 bits per heavy atom. The largest absolute Gasteiger partial charge is 0.396 e. The zero-order valence-corrected chi connectivity index (χ0v) is 12.5. The Labute approximate surface area is 121 Å². The number of hydrogen-bond acceptors (Lipinski definition) is 4. The summed E-state index contributed by atoms with van der Waals surface area (Å²) in [6, 6.07) is 0.494. The molecule has 0 saturated heterocycles. The molecule has 5 nitrogen and oxygen atoms in total. The van der Waals surface area contributed by atoms with Crippen LogP contribution in [0, 0.1) is 5.92 Å². The van der Waals surface area contributed by atoms with Crippen LogP contribution in [-0.2, 0) is 6.54 Å². The Morgan fingerprint density at radius 2 is 2.30 bits per heavy atom. The van der Waals surface area contributed by atoms with Crippen molar-refractivity contribution in [2.24, 2.45) is 11.7 Å². The van der Waals surface area contributed by atoms with Gasteiger partial charge in [0.2, 0.25) is 0 Å². The molecule has 4 N–H and O–H groups in total. The fraction of sp³-hybridized carbons (Fsp3) is 0.800. The van der Waals surface area contributed by atoms with Gasteiger partial charge in [0.25, 0.3) is 0 Å². The smallest absolute Gasteiger partial charge is 0.0948 e. The Morgan fingerprint density at radius 1 is 1.50 bits per heavy atom. The Hall–Kier alpha value is -0.910. The normalized spacial score (nSPS) is 24.8. The zero-order chi connectivity index (χ0) is 14.4. The van der Waals surface area contributed by atoms with Crippen LogP contribution in [0.3, 0.4) is 0 Å². The molecule has 1 fully saturated rings. The van der Waals surface area contributed by atoms with E-state index in [-0.39, 0.29) is 12.6 Å². The lowest BCUT2D eigenvalue weighted by atomic mass is 9.84. The summed E-state index contributed by atoms with van der Waals surface area (Å²) in [7, 11) is 0. The molecular weight excluding hydrogens is 252 g/mol. The Kier molecular flexibility index (Phi) is 6.01. The summed E-state index contributed by atoms with van der Waals surface area (Å²) in [5.74, 6) is 0.361. The van der Waals surface area contributed by atoms with Crippen molar-refractivity contribution in [3.63, 3.8) is 0 Å². The maximum Gasteiger partial charge on any atom is 0.0948 e. The molecule has 0 radical (unpaired) electrons. The summed E-state index contributed by atoms with van der Waals surface area (Å²) in [4.78, 5) is 4.26. The number of hydrogen-bond donors (Lipinski definition) is 3. The summed E-state index contributed by atoms with van der Waals surface area (Å²) < 4.78 is 2.18. The predicted molar refractivity (Wildman–Crippen MR) is 80.3 cm³/mol. The SMILES string of the molecule is CCCn1cncc1C(CN)NC1CCCCC1CO. The van der Waals surface area contributed by atoms with Gasteiger partial charge in [0.05, 0.1) is 18.1 Å². The van der Waals surface area contributed by atoms with E-state index >= 15 is 0 Å². The average molecular weight is 280 g/mol. The number of rotatable bonds is 7. The van der Waals surface area contributed by atoms with Crippen LogP contribution in [0.4, 0.5) is 0 Å². The fourth-order valence-corrected chi connectivity index (χ4v) is 3.23. The summed E-state index contributed by atoms with van der Waals surface area (Å²) >= 11 is 0. The van der Waals surface area contributed by atoms with Crippen LogP contribution in [0.15, 0.2) is 12.5 Å². The van der Waals surface area contributed by atoms with E-state index < -0.39 is 0 Å². The van der Waals surface area contributed by atoms with Crippen LogP contribution in [0.5, 0.6) is 0 Å². The first-order valence-corrected chi connectivity index (χ1v) is 7.87. The van der Waals surface area contributed by atoms with Crippen LogP contribution < -0.4 is 11.1 Å². The number of nitrogens with one attached hydrogen (secondary N) is 1. The number of aliphatic hydroxyl groups excluding tert-OH is 1. The number of aromatic nitrogens is 2. The first kappa shape index (κ1) is 15.5. The second-order valence-electron chi connectivity index (χ2n) is 5.80. The topological polar surface area (TPSA) is 76.1 Å². The third-order valence-electron chi connectivity index (χ3n) is 4.36. The van der Waals surface area contributed by atoms with E-state index in [9.17, 15) is 5.11 Å². The number of nitrogens with zero attached hydrogens (tertiary/aromatic N) is 2. The van der Waals surface area contributed by atoms with Gasteiger partial charge < -0.3 is 20.7 Å². The van der Waals surface area contributed by atoms with Crippen molar-refractivity contribution < 1.29 is 5.11 Å². The lowest BCUT2D eigenvalue weighted by Crippen LogP contribution is -2.44. The van der Waals surface area contributed by atoms with E-state index in [0.29, 0.717) is 18.5 Å². The van der Waals surface area contributed by atoms with Crippen molar-refractivity contribution in [3.05, 3.63) is 18.2 Å². The Balaban J connectivity index is 2.05. The van der Waals surface area contributed by atoms with E-state index in [0.717, 1.165) is 31.5 Å². The van der Waals surface area contributed by atoms with Crippen molar-refractivity contribution >= 4 is 0 Å². The molecular formula is C15H28N4O. The minimum Gasteiger partial charge on any atom is -0.396 e. The molecule has 1 aliphatic rings. The third-order valence-corrected chi connectivity index (χ3v) is 4.36. The van der Waals surface area contributed by atoms with Gasteiger partial charge in [0.15, 0.2) is 0 Å². The molecule has 114 valence electrons. The predicted octanol–water partition coefficient (Wildman–Crippen LogP) is 1.43. The molecule has 1 saturated carbocycles. The maximum absolute atomic E-state index is 9.53. The minimum atomic E-state index is 0.126. The van der Waals surface area contributed by atoms with Crippen molar-refractivity contribution in [2.45, 2.75) is 57.7 Å². The standard InChI is InChI=1S/C15H28N4O/c1-2-7-19-11-17-9-15(19)14(8-16)18-13-6-4-3-5-12(13)10-20/h9,11-14,18,20H,2-8,10,16H2,1H3. The van der Waals surface area contributed by atoms with Crippen molar-refractivity contribution in [1.82, 2.24) is 14.9 Å². The van der Waals surface area contributed by atoms with Gasteiger partial charge in [-0.05, 0) is 25.2 Å². The van der Waals surface area contributed by atoms with Crippen LogP contribution in [-0.4, -0.2) is 33.9 Å². The second-order valence-corrected chi connectivity index (χ2v) is 5.80. The van der Waals surface area contributed by atoms with Crippen molar-refractivity contribution in [3.8, 4) is 0 Å². The molecule has 1 aliphatic carbocycles. The molecule has 0 bridgehead atoms. The molecule has 3 atom stereocenters. The molecule has 5 heteroatoms. The molecule has 0 amide bonds.